The molecule has 0 unspecified atom stereocenters. The van der Waals surface area contributed by atoms with Crippen molar-refractivity contribution in [3.8, 4) is 6.07 Å². The van der Waals surface area contributed by atoms with Gasteiger partial charge in [0.25, 0.3) is 0 Å². The van der Waals surface area contributed by atoms with Crippen LogP contribution in [0.5, 0.6) is 0 Å². The molecule has 0 aliphatic heterocycles. The predicted molar refractivity (Wildman–Crippen MR) is 83.6 cm³/mol. The Balaban J connectivity index is 2.38. The van der Waals surface area contributed by atoms with Crippen LogP contribution in [0.2, 0.25) is 0 Å². The van der Waals surface area contributed by atoms with Gasteiger partial charge in [0.1, 0.15) is 5.76 Å². The topological polar surface area (TPSA) is 50.8 Å². The number of allylic oxidation sites excluding steroid dienone is 2. The summed E-state index contributed by atoms with van der Waals surface area (Å²) in [4.78, 5) is 0. The highest BCUT2D eigenvalue weighted by molar-refractivity contribution is 5.79. The molecule has 0 saturated heterocycles. The van der Waals surface area contributed by atoms with Crippen molar-refractivity contribution in [2.45, 2.75) is 26.8 Å². The van der Waals surface area contributed by atoms with Crippen molar-refractivity contribution in [2.24, 2.45) is 0 Å². The van der Waals surface area contributed by atoms with Gasteiger partial charge in [0.2, 0.25) is 0 Å². The van der Waals surface area contributed by atoms with E-state index in [1.165, 1.54) is 5.57 Å². The van der Waals surface area contributed by atoms with E-state index in [9.17, 15) is 0 Å². The van der Waals surface area contributed by atoms with Gasteiger partial charge in [-0.15, -0.1) is 0 Å². The summed E-state index contributed by atoms with van der Waals surface area (Å²) in [5.74, 6) is 0.673. The van der Waals surface area contributed by atoms with Crippen LogP contribution in [0.25, 0.3) is 10.9 Å². The average molecular weight is 281 g/mol. The van der Waals surface area contributed by atoms with Crippen LogP contribution < -0.4 is 0 Å². The van der Waals surface area contributed by atoms with E-state index in [0.29, 0.717) is 17.9 Å². The molecule has 0 fully saturated rings. The first kappa shape index (κ1) is 14.9. The minimum atomic E-state index is 0.614. The first-order valence-electron chi connectivity index (χ1n) is 6.88. The van der Waals surface area contributed by atoms with Crippen LogP contribution in [0.15, 0.2) is 47.9 Å². The van der Waals surface area contributed by atoms with Crippen LogP contribution in [0.4, 0.5) is 0 Å². The van der Waals surface area contributed by atoms with Crippen LogP contribution in [0.1, 0.15) is 25.8 Å². The van der Waals surface area contributed by atoms with E-state index in [4.69, 9.17) is 10.00 Å². The van der Waals surface area contributed by atoms with E-state index < -0.39 is 0 Å². The first-order chi connectivity index (χ1) is 10.1. The lowest BCUT2D eigenvalue weighted by atomic mass is 10.1. The zero-order valence-corrected chi connectivity index (χ0v) is 12.7. The Bertz CT molecular complexity index is 747. The van der Waals surface area contributed by atoms with E-state index in [1.807, 2.05) is 16.9 Å². The minimum Gasteiger partial charge on any atom is -0.497 e. The molecule has 0 amide bonds. The molecule has 21 heavy (non-hydrogen) atoms. The van der Waals surface area contributed by atoms with Crippen molar-refractivity contribution >= 4 is 10.9 Å². The predicted octanol–water partition coefficient (Wildman–Crippen LogP) is 3.79. The van der Waals surface area contributed by atoms with Gasteiger partial charge in [-0.05, 0) is 31.5 Å². The molecule has 2 aromatic rings. The third-order valence-corrected chi connectivity index (χ3v) is 3.63. The largest absolute Gasteiger partial charge is 0.497 e. The Hall–Kier alpha value is -2.54. The van der Waals surface area contributed by atoms with E-state index in [0.717, 1.165) is 22.9 Å². The highest BCUT2D eigenvalue weighted by Crippen LogP contribution is 2.20. The molecule has 0 N–H and O–H groups in total. The summed E-state index contributed by atoms with van der Waals surface area (Å²) in [7, 11) is 1.63. The average Bonchev–Trinajstić information content (AvgIpc) is 2.92. The van der Waals surface area contributed by atoms with Gasteiger partial charge in [0.15, 0.2) is 0 Å². The fourth-order valence-corrected chi connectivity index (χ4v) is 2.18. The third-order valence-electron chi connectivity index (χ3n) is 3.63. The summed E-state index contributed by atoms with van der Waals surface area (Å²) in [5.41, 5.74) is 3.74. The lowest BCUT2D eigenvalue weighted by Crippen LogP contribution is -2.06. The summed E-state index contributed by atoms with van der Waals surface area (Å²) < 4.78 is 7.15. The Morgan fingerprint density at radius 2 is 2.24 bits per heavy atom. The molecule has 1 aromatic carbocycles. The molecular formula is C17H19N3O. The molecule has 4 heteroatoms. The molecule has 4 nitrogen and oxygen atoms in total. The van der Waals surface area contributed by atoms with Crippen LogP contribution in [0.3, 0.4) is 0 Å². The third kappa shape index (κ3) is 3.14. The van der Waals surface area contributed by atoms with E-state index in [2.05, 4.69) is 31.6 Å². The quantitative estimate of drug-likeness (QED) is 0.619. The van der Waals surface area contributed by atoms with Gasteiger partial charge in [-0.2, -0.15) is 10.4 Å². The van der Waals surface area contributed by atoms with Gasteiger partial charge in [-0.3, -0.25) is 4.68 Å². The van der Waals surface area contributed by atoms with Crippen molar-refractivity contribution in [3.63, 3.8) is 0 Å². The number of rotatable bonds is 5. The normalized spacial score (nSPS) is 11.9. The molecule has 0 aliphatic carbocycles. The molecular weight excluding hydrogens is 262 g/mol. The molecule has 2 rings (SSSR count). The second-order valence-corrected chi connectivity index (χ2v) is 4.95. The number of nitriles is 1. The van der Waals surface area contributed by atoms with Gasteiger partial charge >= 0.3 is 0 Å². The number of benzene rings is 1. The van der Waals surface area contributed by atoms with Gasteiger partial charge in [0, 0.05) is 17.2 Å². The second-order valence-electron chi connectivity index (χ2n) is 4.95. The Labute approximate surface area is 124 Å². The van der Waals surface area contributed by atoms with Crippen LogP contribution >= 0.6 is 0 Å². The summed E-state index contributed by atoms with van der Waals surface area (Å²) >= 11 is 0. The lowest BCUT2D eigenvalue weighted by Gasteiger charge is -2.13. The molecule has 108 valence electrons. The van der Waals surface area contributed by atoms with Gasteiger partial charge in [-0.1, -0.05) is 19.1 Å². The summed E-state index contributed by atoms with van der Waals surface area (Å²) in [5, 5.41) is 14.5. The number of fused-ring (bicyclic) bond motifs is 1. The molecule has 0 radical (unpaired) electrons. The molecule has 1 aromatic heterocycles. The number of hydrogen-bond donors (Lipinski definition) is 0. The highest BCUT2D eigenvalue weighted by Gasteiger charge is 2.10. The van der Waals surface area contributed by atoms with Crippen LogP contribution in [0, 0.1) is 11.3 Å². The van der Waals surface area contributed by atoms with Crippen LogP contribution in [-0.2, 0) is 11.3 Å². The van der Waals surface area contributed by atoms with Gasteiger partial charge < -0.3 is 4.74 Å². The van der Waals surface area contributed by atoms with Gasteiger partial charge in [0.05, 0.1) is 30.8 Å². The Kier molecular flexibility index (Phi) is 4.44. The van der Waals surface area contributed by atoms with Crippen molar-refractivity contribution in [2.75, 3.05) is 7.11 Å². The SMILES string of the molecule is C=C(OC)/C(Cn1cc2ccc(C#N)cc2n1)=C(\C)CC. The summed E-state index contributed by atoms with van der Waals surface area (Å²) in [6, 6.07) is 7.65. The van der Waals surface area contributed by atoms with Crippen molar-refractivity contribution in [1.82, 2.24) is 9.78 Å². The molecule has 0 spiro atoms. The number of methoxy groups -OCH3 is 1. The van der Waals surface area contributed by atoms with E-state index in [1.54, 1.807) is 19.2 Å². The number of nitrogens with zero attached hydrogens (tertiary/aromatic N) is 3. The molecule has 0 aliphatic rings. The molecule has 0 atom stereocenters. The number of aromatic nitrogens is 2. The zero-order valence-electron chi connectivity index (χ0n) is 12.7. The Morgan fingerprint density at radius 1 is 1.48 bits per heavy atom. The number of hydrogen-bond acceptors (Lipinski definition) is 3. The maximum absolute atomic E-state index is 8.94. The second kappa shape index (κ2) is 6.27. The molecule has 1 heterocycles. The minimum absolute atomic E-state index is 0.614. The van der Waals surface area contributed by atoms with Crippen molar-refractivity contribution in [1.29, 1.82) is 5.26 Å². The number of ether oxygens (including phenoxy) is 1. The zero-order chi connectivity index (χ0) is 15.4. The lowest BCUT2D eigenvalue weighted by molar-refractivity contribution is 0.297. The van der Waals surface area contributed by atoms with Crippen molar-refractivity contribution < 1.29 is 4.74 Å². The summed E-state index contributed by atoms with van der Waals surface area (Å²) in [6.45, 7) is 8.76. The Morgan fingerprint density at radius 3 is 2.86 bits per heavy atom. The van der Waals surface area contributed by atoms with Crippen molar-refractivity contribution in [3.05, 3.63) is 53.4 Å². The monoisotopic (exact) mass is 281 g/mol. The molecule has 0 bridgehead atoms. The molecule has 0 saturated carbocycles. The summed E-state index contributed by atoms with van der Waals surface area (Å²) in [6.07, 6.45) is 2.92. The fourth-order valence-electron chi connectivity index (χ4n) is 2.18. The maximum atomic E-state index is 8.94. The fraction of sp³-hybridized carbons (Fsp3) is 0.294. The van der Waals surface area contributed by atoms with Gasteiger partial charge in [-0.25, -0.2) is 0 Å². The standard InChI is InChI=1S/C17H19N3O/c1-5-12(2)16(13(3)21-4)11-20-10-15-7-6-14(9-18)8-17(15)19-20/h6-8,10H,3,5,11H2,1-2,4H3/b16-12+. The highest BCUT2D eigenvalue weighted by atomic mass is 16.5. The first-order valence-corrected chi connectivity index (χ1v) is 6.88. The maximum Gasteiger partial charge on any atom is 0.116 e. The van der Waals surface area contributed by atoms with Crippen LogP contribution in [-0.4, -0.2) is 16.9 Å². The smallest absolute Gasteiger partial charge is 0.116 e. The van der Waals surface area contributed by atoms with E-state index >= 15 is 0 Å². The van der Waals surface area contributed by atoms with E-state index in [-0.39, 0.29) is 0 Å².